The van der Waals surface area contributed by atoms with Crippen molar-refractivity contribution in [2.45, 2.75) is 86.5 Å². The molecule has 100 valence electrons. The quantitative estimate of drug-likeness (QED) is 0.516. The molecular weight excluding hydrogens is 204 g/mol. The molecule has 0 unspecified atom stereocenters. The Morgan fingerprint density at radius 2 is 1.00 bits per heavy atom. The second-order valence-electron chi connectivity index (χ2n) is 6.08. The highest BCUT2D eigenvalue weighted by molar-refractivity contribution is 5.26. The first kappa shape index (κ1) is 14.8. The summed E-state index contributed by atoms with van der Waals surface area (Å²) in [6.07, 6.45) is 9.49. The monoisotopic (exact) mass is 236 g/mol. The zero-order valence-corrected chi connectivity index (χ0v) is 12.9. The van der Waals surface area contributed by atoms with Gasteiger partial charge in [0.25, 0.3) is 0 Å². The number of hydrogen-bond donors (Lipinski definition) is 0. The van der Waals surface area contributed by atoms with Gasteiger partial charge in [0.2, 0.25) is 0 Å². The lowest BCUT2D eigenvalue weighted by atomic mass is 9.69. The molecule has 0 heteroatoms. The van der Waals surface area contributed by atoms with E-state index in [-0.39, 0.29) is 0 Å². The fourth-order valence-electron chi connectivity index (χ4n) is 4.20. The average Bonchev–Trinajstić information content (AvgIpc) is 2.48. The van der Waals surface area contributed by atoms with E-state index in [0.717, 1.165) is 0 Å². The summed E-state index contributed by atoms with van der Waals surface area (Å²) in [7, 11) is 0. The first-order chi connectivity index (χ1) is 8.02. The third-order valence-corrected chi connectivity index (χ3v) is 6.17. The van der Waals surface area contributed by atoms with Crippen molar-refractivity contribution in [3.63, 3.8) is 0 Å². The Kier molecular flexibility index (Phi) is 4.86. The van der Waals surface area contributed by atoms with Crippen LogP contribution in [0.4, 0.5) is 0 Å². The summed E-state index contributed by atoms with van der Waals surface area (Å²) in [5.41, 5.74) is 4.47. The van der Waals surface area contributed by atoms with E-state index in [1.54, 1.807) is 11.1 Å². The molecule has 0 aromatic heterocycles. The smallest absolute Gasteiger partial charge is 0.00933 e. The van der Waals surface area contributed by atoms with Gasteiger partial charge in [0, 0.05) is 0 Å². The predicted molar refractivity (Wildman–Crippen MR) is 78.3 cm³/mol. The van der Waals surface area contributed by atoms with Gasteiger partial charge in [0.05, 0.1) is 0 Å². The highest BCUT2D eigenvalue weighted by Gasteiger charge is 2.38. The second kappa shape index (κ2) is 5.59. The summed E-state index contributed by atoms with van der Waals surface area (Å²) < 4.78 is 0. The van der Waals surface area contributed by atoms with Crippen LogP contribution in [-0.2, 0) is 0 Å². The molecule has 0 atom stereocenters. The van der Waals surface area contributed by atoms with Crippen LogP contribution in [0.2, 0.25) is 0 Å². The maximum Gasteiger partial charge on any atom is -0.00933 e. The van der Waals surface area contributed by atoms with Crippen molar-refractivity contribution in [2.24, 2.45) is 10.8 Å². The Balaban J connectivity index is 3.26. The van der Waals surface area contributed by atoms with Gasteiger partial charge in [-0.3, -0.25) is 0 Å². The summed E-state index contributed by atoms with van der Waals surface area (Å²) in [6.45, 7) is 14.4. The lowest BCUT2D eigenvalue weighted by Gasteiger charge is -2.36. The molecule has 17 heavy (non-hydrogen) atoms. The summed E-state index contributed by atoms with van der Waals surface area (Å²) in [6, 6.07) is 0. The first-order valence-electron chi connectivity index (χ1n) is 7.70. The van der Waals surface area contributed by atoms with Crippen LogP contribution in [-0.4, -0.2) is 0 Å². The molecule has 1 aliphatic rings. The zero-order valence-electron chi connectivity index (χ0n) is 12.9. The van der Waals surface area contributed by atoms with Crippen LogP contribution >= 0.6 is 0 Å². The Morgan fingerprint density at radius 3 is 1.24 bits per heavy atom. The fourth-order valence-corrected chi connectivity index (χ4v) is 4.20. The fraction of sp³-hybridized carbons (Fsp3) is 0.882. The zero-order chi connectivity index (χ0) is 13.1. The van der Waals surface area contributed by atoms with E-state index < -0.39 is 0 Å². The van der Waals surface area contributed by atoms with Gasteiger partial charge in [-0.25, -0.2) is 0 Å². The molecule has 0 bridgehead atoms. The van der Waals surface area contributed by atoms with Crippen LogP contribution in [0.15, 0.2) is 11.1 Å². The van der Waals surface area contributed by atoms with Gasteiger partial charge in [-0.2, -0.15) is 0 Å². The van der Waals surface area contributed by atoms with E-state index in [9.17, 15) is 0 Å². The molecule has 0 N–H and O–H groups in total. The van der Waals surface area contributed by atoms with Crippen molar-refractivity contribution in [1.82, 2.24) is 0 Å². The molecule has 0 heterocycles. The van der Waals surface area contributed by atoms with E-state index >= 15 is 0 Å². The molecule has 0 fully saturated rings. The van der Waals surface area contributed by atoms with Crippen LogP contribution in [0.3, 0.4) is 0 Å². The van der Waals surface area contributed by atoms with Gasteiger partial charge in [0.15, 0.2) is 0 Å². The molecular formula is C17H32. The first-order valence-corrected chi connectivity index (χ1v) is 7.70. The van der Waals surface area contributed by atoms with Gasteiger partial charge < -0.3 is 0 Å². The minimum atomic E-state index is 0.510. The maximum atomic E-state index is 2.42. The highest BCUT2D eigenvalue weighted by Crippen LogP contribution is 2.52. The topological polar surface area (TPSA) is 0 Å². The average molecular weight is 236 g/mol. The van der Waals surface area contributed by atoms with Crippen LogP contribution < -0.4 is 0 Å². The van der Waals surface area contributed by atoms with Crippen LogP contribution in [0.25, 0.3) is 0 Å². The SMILES string of the molecule is CCC1(CC)CCCC(CC)(CC)C(C)=C1C. The van der Waals surface area contributed by atoms with Gasteiger partial charge in [0.1, 0.15) is 0 Å². The standard InChI is InChI=1S/C17H32/c1-7-16(8-2)12-11-13-17(9-3,10-4)15(6)14(16)5/h7-13H2,1-6H3. The Morgan fingerprint density at radius 1 is 0.706 bits per heavy atom. The number of hydrogen-bond acceptors (Lipinski definition) is 0. The minimum Gasteiger partial charge on any atom is -0.0677 e. The third-order valence-electron chi connectivity index (χ3n) is 6.17. The number of allylic oxidation sites excluding steroid dienone is 2. The Hall–Kier alpha value is -0.260. The van der Waals surface area contributed by atoms with Crippen LogP contribution in [0, 0.1) is 10.8 Å². The van der Waals surface area contributed by atoms with Crippen molar-refractivity contribution >= 4 is 0 Å². The summed E-state index contributed by atoms with van der Waals surface area (Å²) in [5.74, 6) is 0. The summed E-state index contributed by atoms with van der Waals surface area (Å²) in [4.78, 5) is 0. The van der Waals surface area contributed by atoms with Crippen molar-refractivity contribution < 1.29 is 0 Å². The molecule has 0 nitrogen and oxygen atoms in total. The third kappa shape index (κ3) is 2.33. The molecule has 0 saturated carbocycles. The van der Waals surface area contributed by atoms with Crippen molar-refractivity contribution in [1.29, 1.82) is 0 Å². The largest absolute Gasteiger partial charge is 0.0677 e. The molecule has 1 aliphatic carbocycles. The molecule has 0 radical (unpaired) electrons. The lowest BCUT2D eigenvalue weighted by molar-refractivity contribution is 0.275. The van der Waals surface area contributed by atoms with Crippen LogP contribution in [0.5, 0.6) is 0 Å². The van der Waals surface area contributed by atoms with Crippen LogP contribution in [0.1, 0.15) is 86.5 Å². The molecule has 0 aromatic rings. The highest BCUT2D eigenvalue weighted by atomic mass is 14.4. The molecule has 0 aromatic carbocycles. The van der Waals surface area contributed by atoms with Crippen molar-refractivity contribution in [2.75, 3.05) is 0 Å². The van der Waals surface area contributed by atoms with E-state index in [0.29, 0.717) is 10.8 Å². The molecule has 0 spiro atoms. The van der Waals surface area contributed by atoms with Gasteiger partial charge in [-0.05, 0) is 63.2 Å². The van der Waals surface area contributed by atoms with Crippen molar-refractivity contribution in [3.05, 3.63) is 11.1 Å². The van der Waals surface area contributed by atoms with E-state index in [2.05, 4.69) is 41.5 Å². The summed E-state index contributed by atoms with van der Waals surface area (Å²) >= 11 is 0. The molecule has 0 saturated heterocycles. The van der Waals surface area contributed by atoms with E-state index in [1.807, 2.05) is 0 Å². The van der Waals surface area contributed by atoms with E-state index in [4.69, 9.17) is 0 Å². The lowest BCUT2D eigenvalue weighted by Crippen LogP contribution is -2.23. The Labute approximate surface area is 109 Å². The predicted octanol–water partition coefficient (Wildman–Crippen LogP) is 6.12. The molecule has 0 amide bonds. The second-order valence-corrected chi connectivity index (χ2v) is 6.08. The van der Waals surface area contributed by atoms with Gasteiger partial charge in [-0.15, -0.1) is 0 Å². The Bertz CT molecular complexity index is 246. The maximum absolute atomic E-state index is 2.42. The normalized spacial score (nSPS) is 23.6. The molecule has 1 rings (SSSR count). The van der Waals surface area contributed by atoms with E-state index in [1.165, 1.54) is 44.9 Å². The molecule has 0 aliphatic heterocycles. The van der Waals surface area contributed by atoms with Crippen molar-refractivity contribution in [3.8, 4) is 0 Å². The summed E-state index contributed by atoms with van der Waals surface area (Å²) in [5, 5.41) is 0. The minimum absolute atomic E-state index is 0.510. The van der Waals surface area contributed by atoms with Gasteiger partial charge in [-0.1, -0.05) is 45.3 Å². The van der Waals surface area contributed by atoms with Gasteiger partial charge >= 0.3 is 0 Å². The number of rotatable bonds is 4.